The van der Waals surface area contributed by atoms with Crippen LogP contribution in [0.4, 0.5) is 5.69 Å². The van der Waals surface area contributed by atoms with Gasteiger partial charge in [-0.05, 0) is 38.5 Å². The van der Waals surface area contributed by atoms with E-state index in [-0.39, 0.29) is 12.5 Å². The Hall–Kier alpha value is -3.48. The van der Waals surface area contributed by atoms with Crippen LogP contribution in [0.15, 0.2) is 48.5 Å². The van der Waals surface area contributed by atoms with Crippen LogP contribution in [0.5, 0.6) is 0 Å². The molecule has 0 spiro atoms. The third-order valence-corrected chi connectivity index (χ3v) is 4.77. The van der Waals surface area contributed by atoms with Crippen molar-refractivity contribution >= 4 is 22.6 Å². The molecule has 0 atom stereocenters. The van der Waals surface area contributed by atoms with Crippen LogP contribution < -0.4 is 5.32 Å². The number of carbonyl (C=O) groups is 1. The number of hydrogen-bond acceptors (Lipinski definition) is 4. The van der Waals surface area contributed by atoms with Gasteiger partial charge in [0.05, 0.1) is 29.1 Å². The molecule has 2 aromatic carbocycles. The smallest absolute Gasteiger partial charge is 0.246 e. The first-order chi connectivity index (χ1) is 13.5. The van der Waals surface area contributed by atoms with Crippen molar-refractivity contribution in [1.82, 2.24) is 24.8 Å². The molecule has 2 aromatic heterocycles. The van der Waals surface area contributed by atoms with Gasteiger partial charge < -0.3 is 5.32 Å². The molecule has 0 aliphatic rings. The molecule has 0 aliphatic carbocycles. The largest absolute Gasteiger partial charge is 0.321 e. The average molecular weight is 374 g/mol. The quantitative estimate of drug-likeness (QED) is 0.582. The summed E-state index contributed by atoms with van der Waals surface area (Å²) in [5.41, 5.74) is 6.47. The van der Waals surface area contributed by atoms with E-state index in [1.54, 1.807) is 4.68 Å². The molecule has 0 aliphatic heterocycles. The Morgan fingerprint density at radius 1 is 1.04 bits per heavy atom. The summed E-state index contributed by atoms with van der Waals surface area (Å²) in [6, 6.07) is 15.9. The third kappa shape index (κ3) is 3.51. The van der Waals surface area contributed by atoms with E-state index in [4.69, 9.17) is 0 Å². The van der Waals surface area contributed by atoms with Crippen LogP contribution in [0.25, 0.3) is 11.0 Å². The van der Waals surface area contributed by atoms with Crippen molar-refractivity contribution in [2.75, 3.05) is 5.32 Å². The van der Waals surface area contributed by atoms with Crippen LogP contribution in [0.2, 0.25) is 0 Å². The molecule has 0 saturated carbocycles. The van der Waals surface area contributed by atoms with Crippen LogP contribution in [0.3, 0.4) is 0 Å². The molecule has 0 unspecified atom stereocenters. The van der Waals surface area contributed by atoms with Gasteiger partial charge >= 0.3 is 0 Å². The highest BCUT2D eigenvalue weighted by atomic mass is 16.2. The van der Waals surface area contributed by atoms with Crippen molar-refractivity contribution in [3.63, 3.8) is 0 Å². The number of nitrogens with one attached hydrogen (secondary N) is 1. The summed E-state index contributed by atoms with van der Waals surface area (Å²) in [7, 11) is 0. The molecule has 28 heavy (non-hydrogen) atoms. The topological polar surface area (TPSA) is 77.6 Å². The fourth-order valence-corrected chi connectivity index (χ4v) is 3.36. The van der Waals surface area contributed by atoms with Crippen LogP contribution >= 0.6 is 0 Å². The zero-order chi connectivity index (χ0) is 19.7. The Labute approximate surface area is 163 Å². The molecule has 142 valence electrons. The lowest BCUT2D eigenvalue weighted by Gasteiger charge is -2.08. The molecule has 0 fully saturated rings. The predicted octanol–water partition coefficient (Wildman–Crippen LogP) is 3.24. The molecule has 0 radical (unpaired) electrons. The maximum absolute atomic E-state index is 12.6. The molecule has 1 amide bonds. The monoisotopic (exact) mass is 374 g/mol. The lowest BCUT2D eigenvalue weighted by molar-refractivity contribution is -0.116. The number of hydrogen-bond donors (Lipinski definition) is 1. The van der Waals surface area contributed by atoms with Gasteiger partial charge in [0.2, 0.25) is 5.91 Å². The second-order valence-corrected chi connectivity index (χ2v) is 6.98. The Morgan fingerprint density at radius 2 is 1.86 bits per heavy atom. The number of nitrogens with zero attached hydrogens (tertiary/aromatic N) is 5. The minimum Gasteiger partial charge on any atom is -0.321 e. The fraction of sp³-hybridized carbons (Fsp3) is 0.238. The van der Waals surface area contributed by atoms with Crippen molar-refractivity contribution in [3.05, 3.63) is 71.0 Å². The SMILES string of the molecule is Cc1cccc(Cn2nc(C)c(NC(=O)Cn3nnc4ccccc43)c2C)c1. The standard InChI is InChI=1S/C21H22N6O/c1-14-7-6-8-17(11-14)12-26-16(3)21(15(2)24-26)22-20(28)13-27-19-10-5-4-9-18(19)23-25-27/h4-11H,12-13H2,1-3H3,(H,22,28). The lowest BCUT2D eigenvalue weighted by atomic mass is 10.1. The molecule has 4 rings (SSSR count). The van der Waals surface area contributed by atoms with E-state index in [9.17, 15) is 4.79 Å². The Bertz CT molecular complexity index is 1160. The molecule has 7 nitrogen and oxygen atoms in total. The fourth-order valence-electron chi connectivity index (χ4n) is 3.36. The van der Waals surface area contributed by atoms with Crippen molar-refractivity contribution < 1.29 is 4.79 Å². The van der Waals surface area contributed by atoms with Gasteiger partial charge in [-0.25, -0.2) is 4.68 Å². The van der Waals surface area contributed by atoms with Crippen molar-refractivity contribution in [1.29, 1.82) is 0 Å². The molecule has 0 bridgehead atoms. The van der Waals surface area contributed by atoms with Gasteiger partial charge in [-0.15, -0.1) is 5.10 Å². The molecule has 4 aromatic rings. The predicted molar refractivity (Wildman–Crippen MR) is 108 cm³/mol. The van der Waals surface area contributed by atoms with E-state index in [1.165, 1.54) is 11.1 Å². The van der Waals surface area contributed by atoms with Gasteiger partial charge in [-0.2, -0.15) is 5.10 Å². The second-order valence-electron chi connectivity index (χ2n) is 6.98. The number of fused-ring (bicyclic) bond motifs is 1. The molecule has 0 saturated heterocycles. The summed E-state index contributed by atoms with van der Waals surface area (Å²) in [6.07, 6.45) is 0. The van der Waals surface area contributed by atoms with Gasteiger partial charge in [0.1, 0.15) is 12.1 Å². The molecular weight excluding hydrogens is 352 g/mol. The Morgan fingerprint density at radius 3 is 2.68 bits per heavy atom. The minimum absolute atomic E-state index is 0.0997. The normalized spacial score (nSPS) is 11.1. The number of carbonyl (C=O) groups excluding carboxylic acids is 1. The minimum atomic E-state index is -0.156. The highest BCUT2D eigenvalue weighted by Crippen LogP contribution is 2.21. The molecule has 7 heteroatoms. The lowest BCUT2D eigenvalue weighted by Crippen LogP contribution is -2.20. The molecular formula is C21H22N6O. The maximum Gasteiger partial charge on any atom is 0.246 e. The number of amides is 1. The van der Waals surface area contributed by atoms with Crippen molar-refractivity contribution in [3.8, 4) is 0 Å². The summed E-state index contributed by atoms with van der Waals surface area (Å²) in [6.45, 7) is 6.71. The van der Waals surface area contributed by atoms with Gasteiger partial charge in [-0.3, -0.25) is 9.48 Å². The number of anilines is 1. The van der Waals surface area contributed by atoms with E-state index in [1.807, 2.05) is 48.9 Å². The number of aryl methyl sites for hydroxylation is 2. The van der Waals surface area contributed by atoms with Crippen molar-refractivity contribution in [2.45, 2.75) is 33.9 Å². The van der Waals surface area contributed by atoms with Gasteiger partial charge in [0.15, 0.2) is 0 Å². The molecule has 2 heterocycles. The number of aromatic nitrogens is 5. The number of rotatable bonds is 5. The number of benzene rings is 2. The Kier molecular flexibility index (Phi) is 4.65. The van der Waals surface area contributed by atoms with E-state index in [0.29, 0.717) is 6.54 Å². The summed E-state index contributed by atoms with van der Waals surface area (Å²) in [4.78, 5) is 12.6. The first-order valence-electron chi connectivity index (χ1n) is 9.19. The first-order valence-corrected chi connectivity index (χ1v) is 9.19. The first kappa shape index (κ1) is 17.9. The van der Waals surface area contributed by atoms with Gasteiger partial charge in [0.25, 0.3) is 0 Å². The van der Waals surface area contributed by atoms with Crippen LogP contribution in [-0.4, -0.2) is 30.7 Å². The summed E-state index contributed by atoms with van der Waals surface area (Å²) >= 11 is 0. The third-order valence-electron chi connectivity index (χ3n) is 4.77. The summed E-state index contributed by atoms with van der Waals surface area (Å²) in [5.74, 6) is -0.156. The summed E-state index contributed by atoms with van der Waals surface area (Å²) in [5, 5.41) is 15.8. The zero-order valence-electron chi connectivity index (χ0n) is 16.2. The highest BCUT2D eigenvalue weighted by Gasteiger charge is 2.16. The molecule has 1 N–H and O–H groups in total. The highest BCUT2D eigenvalue weighted by molar-refractivity contribution is 5.92. The average Bonchev–Trinajstić information content (AvgIpc) is 3.18. The zero-order valence-corrected chi connectivity index (χ0v) is 16.2. The van der Waals surface area contributed by atoms with E-state index >= 15 is 0 Å². The maximum atomic E-state index is 12.6. The van der Waals surface area contributed by atoms with E-state index in [0.717, 1.165) is 28.1 Å². The summed E-state index contributed by atoms with van der Waals surface area (Å²) < 4.78 is 3.52. The number of para-hydroxylation sites is 1. The van der Waals surface area contributed by atoms with Crippen LogP contribution in [-0.2, 0) is 17.9 Å². The van der Waals surface area contributed by atoms with E-state index in [2.05, 4.69) is 45.9 Å². The van der Waals surface area contributed by atoms with Crippen molar-refractivity contribution in [2.24, 2.45) is 0 Å². The van der Waals surface area contributed by atoms with Crippen LogP contribution in [0, 0.1) is 20.8 Å². The van der Waals surface area contributed by atoms with Gasteiger partial charge in [-0.1, -0.05) is 47.2 Å². The Balaban J connectivity index is 1.51. The van der Waals surface area contributed by atoms with Gasteiger partial charge in [0, 0.05) is 0 Å². The second kappa shape index (κ2) is 7.26. The van der Waals surface area contributed by atoms with E-state index < -0.39 is 0 Å². The van der Waals surface area contributed by atoms with Crippen LogP contribution in [0.1, 0.15) is 22.5 Å².